The lowest BCUT2D eigenvalue weighted by atomic mass is 9.60. The Balaban J connectivity index is 1.68. The van der Waals surface area contributed by atoms with Crippen molar-refractivity contribution in [2.45, 2.75) is 33.4 Å². The quantitative estimate of drug-likeness (QED) is 0.808. The minimum absolute atomic E-state index is 0.0785. The summed E-state index contributed by atoms with van der Waals surface area (Å²) in [6.45, 7) is 10.8. The molecule has 4 nitrogen and oxygen atoms in total. The molecule has 1 aromatic carbocycles. The second-order valence-electron chi connectivity index (χ2n) is 9.06. The number of nitrogens with zero attached hydrogens (tertiary/aromatic N) is 1. The van der Waals surface area contributed by atoms with Gasteiger partial charge in [-0.3, -0.25) is 14.6 Å². The molecule has 5 heterocycles. The molecule has 2 aromatic rings. The molecule has 1 aromatic heterocycles. The van der Waals surface area contributed by atoms with Crippen LogP contribution in [0.5, 0.6) is 0 Å². The summed E-state index contributed by atoms with van der Waals surface area (Å²) in [6, 6.07) is 8.81. The van der Waals surface area contributed by atoms with E-state index in [0.717, 1.165) is 32.6 Å². The van der Waals surface area contributed by atoms with Gasteiger partial charge in [-0.2, -0.15) is 0 Å². The zero-order valence-electron chi connectivity index (χ0n) is 15.8. The highest BCUT2D eigenvalue weighted by molar-refractivity contribution is 5.92. The molecule has 0 amide bonds. The van der Waals surface area contributed by atoms with Crippen LogP contribution in [0.1, 0.15) is 37.7 Å². The van der Waals surface area contributed by atoms with E-state index in [1.54, 1.807) is 9.80 Å². The fourth-order valence-corrected chi connectivity index (χ4v) is 6.51. The van der Waals surface area contributed by atoms with Crippen LogP contribution in [-0.2, 0) is 11.8 Å². The number of rotatable bonds is 2. The number of fused-ring (bicyclic) bond motifs is 1. The number of carbonyl (C=O) groups excluding carboxylic acids is 1. The van der Waals surface area contributed by atoms with Crippen molar-refractivity contribution < 1.29 is 14.6 Å². The Kier molecular flexibility index (Phi) is 2.96. The molecular formula is C21H29N3O+2. The van der Waals surface area contributed by atoms with E-state index < -0.39 is 0 Å². The zero-order chi connectivity index (χ0) is 17.6. The molecule has 4 bridgehead atoms. The fraction of sp³-hybridized carbons (Fsp3) is 0.571. The second-order valence-corrected chi connectivity index (χ2v) is 9.06. The Morgan fingerprint density at radius 2 is 1.80 bits per heavy atom. The van der Waals surface area contributed by atoms with Gasteiger partial charge in [0.2, 0.25) is 6.17 Å². The average molecular weight is 339 g/mol. The van der Waals surface area contributed by atoms with Crippen molar-refractivity contribution in [2.75, 3.05) is 26.2 Å². The summed E-state index contributed by atoms with van der Waals surface area (Å²) >= 11 is 0. The minimum Gasteiger partial charge on any atom is -0.347 e. The van der Waals surface area contributed by atoms with E-state index in [2.05, 4.69) is 56.7 Å². The first-order chi connectivity index (χ1) is 11.9. The standard InChI is InChI=1S/C21H27N3O/c1-5-21-12-23-10-20(3,19(21)25)11-24(13-21)18(23)17-14(2)22(4)16-9-7-6-8-15(16)17/h6-9,18H,5,10-13H2,1-4H3/p+2. The first-order valence-electron chi connectivity index (χ1n) is 9.68. The molecule has 4 aliphatic rings. The van der Waals surface area contributed by atoms with Crippen molar-refractivity contribution in [2.24, 2.45) is 17.9 Å². The Labute approximate surface area is 149 Å². The van der Waals surface area contributed by atoms with Crippen LogP contribution < -0.4 is 9.80 Å². The fourth-order valence-electron chi connectivity index (χ4n) is 6.51. The number of aromatic nitrogens is 1. The Bertz CT molecular complexity index is 880. The number of benzene rings is 1. The van der Waals surface area contributed by atoms with Gasteiger partial charge >= 0.3 is 0 Å². The van der Waals surface area contributed by atoms with Crippen LogP contribution in [-0.4, -0.2) is 36.5 Å². The molecule has 25 heavy (non-hydrogen) atoms. The third-order valence-electron chi connectivity index (χ3n) is 7.63. The first-order valence-corrected chi connectivity index (χ1v) is 9.68. The molecule has 132 valence electrons. The third kappa shape index (κ3) is 1.77. The average Bonchev–Trinajstić information content (AvgIpc) is 2.84. The van der Waals surface area contributed by atoms with Gasteiger partial charge < -0.3 is 4.57 Å². The number of piperidine rings is 2. The van der Waals surface area contributed by atoms with Crippen molar-refractivity contribution in [1.82, 2.24) is 4.57 Å². The molecule has 4 fully saturated rings. The largest absolute Gasteiger partial charge is 0.347 e. The van der Waals surface area contributed by atoms with E-state index >= 15 is 0 Å². The first kappa shape index (κ1) is 15.6. The number of carbonyl (C=O) groups is 1. The molecule has 4 saturated heterocycles. The molecular weight excluding hydrogens is 310 g/mol. The molecule has 0 aliphatic carbocycles. The van der Waals surface area contributed by atoms with E-state index in [0.29, 0.717) is 11.9 Å². The van der Waals surface area contributed by atoms with Crippen LogP contribution in [0.15, 0.2) is 24.3 Å². The number of Topliss-reactive ketones (excluding diaryl/α,β-unsaturated/α-hetero) is 1. The Hall–Kier alpha value is -1.65. The molecule has 0 spiro atoms. The smallest absolute Gasteiger partial charge is 0.242 e. The molecule has 6 rings (SSSR count). The minimum atomic E-state index is -0.119. The topological polar surface area (TPSA) is 30.9 Å². The number of nitrogens with one attached hydrogen (secondary N) is 2. The van der Waals surface area contributed by atoms with Gasteiger partial charge in [-0.1, -0.05) is 25.1 Å². The lowest BCUT2D eigenvalue weighted by Gasteiger charge is -2.59. The second kappa shape index (κ2) is 4.74. The normalized spacial score (nSPS) is 39.5. The SMILES string of the molecule is CCC12C[NH+]3CC(C)(C[NH+](C1)C3c1c(C)n(C)c3ccccc13)C2=O. The van der Waals surface area contributed by atoms with Gasteiger partial charge in [-0.15, -0.1) is 0 Å². The van der Waals surface area contributed by atoms with Crippen LogP contribution in [0.25, 0.3) is 10.9 Å². The highest BCUT2D eigenvalue weighted by Gasteiger charge is 2.69. The summed E-state index contributed by atoms with van der Waals surface area (Å²) in [5.41, 5.74) is 4.04. The summed E-state index contributed by atoms with van der Waals surface area (Å²) in [6.07, 6.45) is 1.47. The van der Waals surface area contributed by atoms with Gasteiger partial charge in [0.15, 0.2) is 5.78 Å². The monoisotopic (exact) mass is 339 g/mol. The maximum absolute atomic E-state index is 13.1. The van der Waals surface area contributed by atoms with E-state index in [9.17, 15) is 4.79 Å². The highest BCUT2D eigenvalue weighted by Crippen LogP contribution is 2.39. The van der Waals surface area contributed by atoms with Gasteiger partial charge in [0.1, 0.15) is 37.0 Å². The molecule has 2 N–H and O–H groups in total. The summed E-state index contributed by atoms with van der Waals surface area (Å²) in [5.74, 6) is 0.558. The zero-order valence-corrected chi connectivity index (χ0v) is 15.8. The van der Waals surface area contributed by atoms with Crippen LogP contribution >= 0.6 is 0 Å². The summed E-state index contributed by atoms with van der Waals surface area (Å²) in [5, 5.41) is 1.40. The van der Waals surface area contributed by atoms with Crippen LogP contribution in [0, 0.1) is 17.8 Å². The lowest BCUT2D eigenvalue weighted by molar-refractivity contribution is -1.18. The van der Waals surface area contributed by atoms with E-state index in [4.69, 9.17) is 0 Å². The number of hydrogen-bond acceptors (Lipinski definition) is 1. The summed E-state index contributed by atoms with van der Waals surface area (Å²) < 4.78 is 2.35. The van der Waals surface area contributed by atoms with Gasteiger partial charge in [0.25, 0.3) is 0 Å². The maximum Gasteiger partial charge on any atom is 0.242 e. The molecule has 4 aliphatic heterocycles. The number of hydrogen-bond donors (Lipinski definition) is 2. The van der Waals surface area contributed by atoms with Crippen molar-refractivity contribution in [1.29, 1.82) is 0 Å². The predicted octanol–water partition coefficient (Wildman–Crippen LogP) is 0.268. The summed E-state index contributed by atoms with van der Waals surface area (Å²) in [4.78, 5) is 16.4. The van der Waals surface area contributed by atoms with Crippen molar-refractivity contribution >= 4 is 16.7 Å². The molecule has 0 radical (unpaired) electrons. The van der Waals surface area contributed by atoms with Gasteiger partial charge in [0, 0.05) is 23.6 Å². The van der Waals surface area contributed by atoms with E-state index in [1.165, 1.54) is 22.2 Å². The molecule has 4 heteroatoms. The van der Waals surface area contributed by atoms with Gasteiger partial charge in [-0.25, -0.2) is 0 Å². The Morgan fingerprint density at radius 3 is 2.44 bits per heavy atom. The number of ketones is 1. The van der Waals surface area contributed by atoms with Crippen LogP contribution in [0.4, 0.5) is 0 Å². The van der Waals surface area contributed by atoms with Gasteiger partial charge in [0.05, 0.1) is 5.56 Å². The van der Waals surface area contributed by atoms with E-state index in [1.807, 2.05) is 0 Å². The number of quaternary nitrogens is 2. The predicted molar refractivity (Wildman–Crippen MR) is 97.6 cm³/mol. The highest BCUT2D eigenvalue weighted by atomic mass is 16.1. The number of para-hydroxylation sites is 1. The van der Waals surface area contributed by atoms with Crippen molar-refractivity contribution in [3.8, 4) is 0 Å². The third-order valence-corrected chi connectivity index (χ3v) is 7.63. The Morgan fingerprint density at radius 1 is 1.16 bits per heavy atom. The molecule has 2 unspecified atom stereocenters. The van der Waals surface area contributed by atoms with Gasteiger partial charge in [-0.05, 0) is 26.3 Å². The molecule has 0 saturated carbocycles. The summed E-state index contributed by atoms with van der Waals surface area (Å²) in [7, 11) is 2.19. The van der Waals surface area contributed by atoms with Crippen LogP contribution in [0.3, 0.4) is 0 Å². The molecule has 2 atom stereocenters. The van der Waals surface area contributed by atoms with Crippen LogP contribution in [0.2, 0.25) is 0 Å². The van der Waals surface area contributed by atoms with E-state index in [-0.39, 0.29) is 10.8 Å². The lowest BCUT2D eigenvalue weighted by Crippen LogP contribution is -3.41. The maximum atomic E-state index is 13.1. The number of aryl methyl sites for hydroxylation is 1. The van der Waals surface area contributed by atoms with Crippen molar-refractivity contribution in [3.05, 3.63) is 35.5 Å². The van der Waals surface area contributed by atoms with Crippen molar-refractivity contribution in [3.63, 3.8) is 0 Å².